The van der Waals surface area contributed by atoms with Crippen molar-refractivity contribution >= 4 is 11.9 Å². The van der Waals surface area contributed by atoms with Crippen LogP contribution in [0, 0.1) is 0 Å². The molecule has 0 spiro atoms. The third-order valence-corrected chi connectivity index (χ3v) is 2.77. The van der Waals surface area contributed by atoms with Gasteiger partial charge in [-0.15, -0.1) is 10.2 Å². The molecule has 2 aromatic heterocycles. The Morgan fingerprint density at radius 2 is 1.37 bits per heavy atom. The molecule has 2 rings (SSSR count). The Balaban J connectivity index is 2.27. The van der Waals surface area contributed by atoms with E-state index in [4.69, 9.17) is 0 Å². The minimum absolute atomic E-state index is 0.0117. The van der Waals surface area contributed by atoms with Gasteiger partial charge in [-0.2, -0.15) is 0 Å². The Labute approximate surface area is 112 Å². The molecule has 0 atom stereocenters. The van der Waals surface area contributed by atoms with Crippen LogP contribution in [-0.4, -0.2) is 57.7 Å². The van der Waals surface area contributed by atoms with E-state index in [1.165, 1.54) is 0 Å². The van der Waals surface area contributed by atoms with E-state index in [-0.39, 0.29) is 6.17 Å². The fraction of sp³-hybridized carbons (Fsp3) is 0.636. The zero-order valence-electron chi connectivity index (χ0n) is 12.0. The SMILES string of the molecule is CCC(n1cnc(N(C)C)n1)n1cnc(N(C)C)n1. The van der Waals surface area contributed by atoms with Crippen LogP contribution in [0.2, 0.25) is 0 Å². The zero-order chi connectivity index (χ0) is 14.0. The second-order valence-electron chi connectivity index (χ2n) is 4.73. The molecule has 0 bridgehead atoms. The molecular formula is C11H20N8. The topological polar surface area (TPSA) is 67.9 Å². The molecule has 0 aliphatic heterocycles. The summed E-state index contributed by atoms with van der Waals surface area (Å²) < 4.78 is 3.62. The molecule has 19 heavy (non-hydrogen) atoms. The molecule has 0 aliphatic rings. The molecule has 0 unspecified atom stereocenters. The summed E-state index contributed by atoms with van der Waals surface area (Å²) in [4.78, 5) is 12.3. The van der Waals surface area contributed by atoms with Gasteiger partial charge in [-0.05, 0) is 6.42 Å². The number of aromatic nitrogens is 6. The van der Waals surface area contributed by atoms with Crippen LogP contribution in [0.15, 0.2) is 12.7 Å². The van der Waals surface area contributed by atoms with Crippen molar-refractivity contribution in [1.29, 1.82) is 0 Å². The highest BCUT2D eigenvalue weighted by atomic mass is 15.5. The van der Waals surface area contributed by atoms with Gasteiger partial charge in [0.05, 0.1) is 0 Å². The van der Waals surface area contributed by atoms with E-state index in [1.807, 2.05) is 47.4 Å². The molecule has 0 fully saturated rings. The molecule has 0 saturated heterocycles. The lowest BCUT2D eigenvalue weighted by molar-refractivity contribution is 0.348. The van der Waals surface area contributed by atoms with Crippen LogP contribution in [0.4, 0.5) is 11.9 Å². The molecule has 0 radical (unpaired) electrons. The molecule has 8 nitrogen and oxygen atoms in total. The number of nitrogens with zero attached hydrogens (tertiary/aromatic N) is 8. The lowest BCUT2D eigenvalue weighted by atomic mass is 10.4. The van der Waals surface area contributed by atoms with E-state index < -0.39 is 0 Å². The van der Waals surface area contributed by atoms with Crippen molar-refractivity contribution in [2.75, 3.05) is 38.0 Å². The Bertz CT molecular complexity index is 480. The van der Waals surface area contributed by atoms with Gasteiger partial charge in [0.2, 0.25) is 11.9 Å². The van der Waals surface area contributed by atoms with Gasteiger partial charge < -0.3 is 9.80 Å². The van der Waals surface area contributed by atoms with E-state index in [2.05, 4.69) is 27.1 Å². The smallest absolute Gasteiger partial charge is 0.244 e. The predicted octanol–water partition coefficient (Wildman–Crippen LogP) is 0.458. The van der Waals surface area contributed by atoms with E-state index >= 15 is 0 Å². The standard InChI is InChI=1S/C11H20N8/c1-6-9(18-7-12-10(14-18)16(2)3)19-8-13-11(15-19)17(4)5/h7-9H,6H2,1-5H3. The van der Waals surface area contributed by atoms with E-state index in [1.54, 1.807) is 12.7 Å². The van der Waals surface area contributed by atoms with Gasteiger partial charge in [-0.1, -0.05) is 6.92 Å². The lowest BCUT2D eigenvalue weighted by Gasteiger charge is -2.15. The normalized spacial score (nSPS) is 11.1. The van der Waals surface area contributed by atoms with E-state index in [0.717, 1.165) is 6.42 Å². The lowest BCUT2D eigenvalue weighted by Crippen LogP contribution is -2.20. The van der Waals surface area contributed by atoms with Crippen molar-refractivity contribution in [1.82, 2.24) is 29.5 Å². The van der Waals surface area contributed by atoms with Crippen LogP contribution < -0.4 is 9.80 Å². The van der Waals surface area contributed by atoms with Gasteiger partial charge in [0.25, 0.3) is 0 Å². The fourth-order valence-corrected chi connectivity index (χ4v) is 1.72. The summed E-state index contributed by atoms with van der Waals surface area (Å²) in [7, 11) is 7.67. The van der Waals surface area contributed by atoms with E-state index in [9.17, 15) is 0 Å². The van der Waals surface area contributed by atoms with Gasteiger partial charge in [0.1, 0.15) is 18.8 Å². The molecule has 2 heterocycles. The molecule has 2 aromatic rings. The highest BCUT2D eigenvalue weighted by Crippen LogP contribution is 2.15. The summed E-state index contributed by atoms with van der Waals surface area (Å²) in [5.41, 5.74) is 0. The largest absolute Gasteiger partial charge is 0.346 e. The molecule has 0 N–H and O–H groups in total. The molecule has 8 heteroatoms. The average molecular weight is 264 g/mol. The van der Waals surface area contributed by atoms with Crippen molar-refractivity contribution < 1.29 is 0 Å². The summed E-state index contributed by atoms with van der Waals surface area (Å²) in [6.45, 7) is 2.08. The third-order valence-electron chi connectivity index (χ3n) is 2.77. The summed E-state index contributed by atoms with van der Waals surface area (Å²) in [5.74, 6) is 1.37. The first kappa shape index (κ1) is 13.3. The maximum atomic E-state index is 4.44. The van der Waals surface area contributed by atoms with Gasteiger partial charge in [0.15, 0.2) is 0 Å². The van der Waals surface area contributed by atoms with Gasteiger partial charge >= 0.3 is 0 Å². The number of hydrogen-bond acceptors (Lipinski definition) is 6. The monoisotopic (exact) mass is 264 g/mol. The molecule has 0 saturated carbocycles. The van der Waals surface area contributed by atoms with E-state index in [0.29, 0.717) is 11.9 Å². The Morgan fingerprint density at radius 1 is 0.947 bits per heavy atom. The van der Waals surface area contributed by atoms with Crippen molar-refractivity contribution in [3.05, 3.63) is 12.7 Å². The van der Waals surface area contributed by atoms with Crippen LogP contribution >= 0.6 is 0 Å². The first-order valence-corrected chi connectivity index (χ1v) is 6.20. The second kappa shape index (κ2) is 5.25. The van der Waals surface area contributed by atoms with Crippen molar-refractivity contribution in [3.63, 3.8) is 0 Å². The van der Waals surface area contributed by atoms with Crippen molar-refractivity contribution in [3.8, 4) is 0 Å². The van der Waals surface area contributed by atoms with Crippen LogP contribution in [-0.2, 0) is 0 Å². The molecule has 0 aromatic carbocycles. The second-order valence-corrected chi connectivity index (χ2v) is 4.73. The quantitative estimate of drug-likeness (QED) is 0.781. The average Bonchev–Trinajstić information content (AvgIpc) is 2.98. The minimum Gasteiger partial charge on any atom is -0.346 e. The predicted molar refractivity (Wildman–Crippen MR) is 73.4 cm³/mol. The Morgan fingerprint density at radius 3 is 1.63 bits per heavy atom. The van der Waals surface area contributed by atoms with Gasteiger partial charge in [-0.3, -0.25) is 0 Å². The van der Waals surface area contributed by atoms with Crippen LogP contribution in [0.25, 0.3) is 0 Å². The highest BCUT2D eigenvalue weighted by Gasteiger charge is 2.16. The zero-order valence-corrected chi connectivity index (χ0v) is 12.0. The third kappa shape index (κ3) is 2.67. The minimum atomic E-state index is -0.0117. The van der Waals surface area contributed by atoms with Crippen LogP contribution in [0.5, 0.6) is 0 Å². The Hall–Kier alpha value is -2.12. The van der Waals surface area contributed by atoms with Gasteiger partial charge in [0, 0.05) is 28.2 Å². The Kier molecular flexibility index (Phi) is 3.68. The maximum absolute atomic E-state index is 4.44. The number of hydrogen-bond donors (Lipinski definition) is 0. The molecule has 0 aliphatic carbocycles. The van der Waals surface area contributed by atoms with Crippen LogP contribution in [0.3, 0.4) is 0 Å². The molecular weight excluding hydrogens is 244 g/mol. The molecule has 104 valence electrons. The first-order valence-electron chi connectivity index (χ1n) is 6.20. The van der Waals surface area contributed by atoms with Crippen LogP contribution in [0.1, 0.15) is 19.5 Å². The number of anilines is 2. The summed E-state index contributed by atoms with van der Waals surface area (Å²) >= 11 is 0. The fourth-order valence-electron chi connectivity index (χ4n) is 1.72. The first-order chi connectivity index (χ1) is 9.02. The number of rotatable bonds is 5. The summed E-state index contributed by atoms with van der Waals surface area (Å²) in [6.07, 6.45) is 4.29. The highest BCUT2D eigenvalue weighted by molar-refractivity contribution is 5.24. The maximum Gasteiger partial charge on any atom is 0.244 e. The summed E-state index contributed by atoms with van der Waals surface area (Å²) in [6, 6.07) is 0. The molecule has 0 amide bonds. The summed E-state index contributed by atoms with van der Waals surface area (Å²) in [5, 5.41) is 8.88. The van der Waals surface area contributed by atoms with Crippen molar-refractivity contribution in [2.45, 2.75) is 19.5 Å². The van der Waals surface area contributed by atoms with Crippen molar-refractivity contribution in [2.24, 2.45) is 0 Å². The van der Waals surface area contributed by atoms with Gasteiger partial charge in [-0.25, -0.2) is 19.3 Å².